The fraction of sp³-hybridized carbons (Fsp3) is 0.688. The van der Waals surface area contributed by atoms with Crippen LogP contribution in [0.15, 0.2) is 6.33 Å². The van der Waals surface area contributed by atoms with Crippen molar-refractivity contribution in [2.24, 2.45) is 0 Å². The predicted molar refractivity (Wildman–Crippen MR) is 96.9 cm³/mol. The topological polar surface area (TPSA) is 152 Å². The molecular weight excluding hydrogens is 406 g/mol. The van der Waals surface area contributed by atoms with Crippen molar-refractivity contribution in [2.45, 2.75) is 24.6 Å². The molecule has 0 aliphatic carbocycles. The zero-order chi connectivity index (χ0) is 19.5. The lowest BCUT2D eigenvalue weighted by molar-refractivity contribution is -0.169. The van der Waals surface area contributed by atoms with Gasteiger partial charge in [0.25, 0.3) is 12.1 Å². The van der Waals surface area contributed by atoms with Gasteiger partial charge < -0.3 is 43.0 Å². The zero-order valence-corrected chi connectivity index (χ0v) is 16.4. The van der Waals surface area contributed by atoms with E-state index in [1.165, 1.54) is 11.1 Å². The number of imidazole rings is 1. The fourth-order valence-corrected chi connectivity index (χ4v) is 4.34. The van der Waals surface area contributed by atoms with Gasteiger partial charge in [-0.05, 0) is 0 Å². The van der Waals surface area contributed by atoms with Crippen molar-refractivity contribution in [3.8, 4) is 0 Å². The number of fused-ring (bicyclic) bond motifs is 4. The summed E-state index contributed by atoms with van der Waals surface area (Å²) in [6, 6.07) is 0. The zero-order valence-electron chi connectivity index (χ0n) is 15.6. The van der Waals surface area contributed by atoms with Gasteiger partial charge in [-0.2, -0.15) is 9.97 Å². The van der Waals surface area contributed by atoms with E-state index in [9.17, 15) is 15.3 Å². The van der Waals surface area contributed by atoms with Crippen LogP contribution < -0.4 is 27.5 Å². The molecule has 0 unspecified atom stereocenters. The first-order valence-electron chi connectivity index (χ1n) is 9.40. The van der Waals surface area contributed by atoms with Crippen LogP contribution in [0, 0.1) is 0 Å². The monoisotopic (exact) mass is 429 g/mol. The molecule has 12 nitrogen and oxygen atoms in total. The number of hydrogen-bond acceptors (Lipinski definition) is 10. The minimum Gasteiger partial charge on any atom is -1.00 e. The van der Waals surface area contributed by atoms with E-state index in [-0.39, 0.29) is 18.4 Å². The molecule has 0 saturated carbocycles. The fourth-order valence-electron chi connectivity index (χ4n) is 4.34. The number of halogens is 1. The molecule has 0 radical (unpaired) electrons. The number of aliphatic hydroxyl groups is 3. The number of anilines is 1. The highest BCUT2D eigenvalue weighted by Crippen LogP contribution is 2.33. The van der Waals surface area contributed by atoms with Gasteiger partial charge in [-0.3, -0.25) is 9.38 Å². The van der Waals surface area contributed by atoms with Gasteiger partial charge in [0.1, 0.15) is 24.6 Å². The van der Waals surface area contributed by atoms with Gasteiger partial charge in [0.15, 0.2) is 5.52 Å². The van der Waals surface area contributed by atoms with E-state index >= 15 is 0 Å². The van der Waals surface area contributed by atoms with Gasteiger partial charge in [-0.1, -0.05) is 0 Å². The number of ether oxygens (including phenoxy) is 1. The van der Waals surface area contributed by atoms with Crippen molar-refractivity contribution in [1.82, 2.24) is 29.1 Å². The average molecular weight is 430 g/mol. The molecule has 4 fully saturated rings. The van der Waals surface area contributed by atoms with Gasteiger partial charge in [-0.15, -0.1) is 4.73 Å². The highest BCUT2D eigenvalue weighted by atomic mass is 35.5. The first-order chi connectivity index (χ1) is 13.5. The van der Waals surface area contributed by atoms with Crippen LogP contribution in [0.25, 0.3) is 11.2 Å². The summed E-state index contributed by atoms with van der Waals surface area (Å²) in [7, 11) is 0. The second kappa shape index (κ2) is 7.47. The quantitative estimate of drug-likeness (QED) is 0.345. The lowest BCUT2D eigenvalue weighted by Crippen LogP contribution is -3.00. The Bertz CT molecular complexity index is 876. The van der Waals surface area contributed by atoms with E-state index in [0.29, 0.717) is 15.6 Å². The molecule has 2 aromatic rings. The van der Waals surface area contributed by atoms with E-state index in [2.05, 4.69) is 19.9 Å². The number of aliphatic hydroxyl groups excluding tert-OH is 3. The van der Waals surface area contributed by atoms with Crippen molar-refractivity contribution in [3.05, 3.63) is 6.33 Å². The second-order valence-electron chi connectivity index (χ2n) is 7.62. The van der Waals surface area contributed by atoms with Crippen LogP contribution in [0.3, 0.4) is 0 Å². The Kier molecular flexibility index (Phi) is 5.27. The Morgan fingerprint density at radius 1 is 1.17 bits per heavy atom. The molecule has 6 heterocycles. The van der Waals surface area contributed by atoms with Crippen LogP contribution in [-0.2, 0) is 4.74 Å². The molecule has 5 N–H and O–H groups in total. The Morgan fingerprint density at radius 3 is 2.48 bits per heavy atom. The van der Waals surface area contributed by atoms with Crippen LogP contribution in [0.5, 0.6) is 0 Å². The average Bonchev–Trinajstić information content (AvgIpc) is 3.24. The molecule has 160 valence electrons. The molecule has 2 aromatic heterocycles. The SMILES string of the molecule is Nc1nc([N+]23CCN(CC2)CC3)c2ncn(O[C@@H]3O[C@H](CO)[C@@H](O)[C@H]3O)c2n1.[Cl-]. The summed E-state index contributed by atoms with van der Waals surface area (Å²) in [5, 5.41) is 29.3. The van der Waals surface area contributed by atoms with Crippen LogP contribution in [0.4, 0.5) is 11.8 Å². The van der Waals surface area contributed by atoms with Crippen LogP contribution in [-0.4, -0.2) is 110 Å². The first kappa shape index (κ1) is 20.5. The highest BCUT2D eigenvalue weighted by molar-refractivity contribution is 5.83. The number of nitrogen functional groups attached to an aromatic ring is 1. The summed E-state index contributed by atoms with van der Waals surface area (Å²) >= 11 is 0. The maximum Gasteiger partial charge on any atom is 0.261 e. The molecule has 4 aliphatic heterocycles. The van der Waals surface area contributed by atoms with Crippen LogP contribution >= 0.6 is 0 Å². The van der Waals surface area contributed by atoms with Crippen molar-refractivity contribution in [2.75, 3.05) is 51.6 Å². The smallest absolute Gasteiger partial charge is 0.261 e. The third-order valence-corrected chi connectivity index (χ3v) is 6.06. The van der Waals surface area contributed by atoms with Gasteiger partial charge in [0.2, 0.25) is 11.6 Å². The van der Waals surface area contributed by atoms with Crippen LogP contribution in [0.1, 0.15) is 0 Å². The number of nitrogens with zero attached hydrogens (tertiary/aromatic N) is 6. The van der Waals surface area contributed by atoms with Crippen molar-refractivity contribution in [3.63, 3.8) is 0 Å². The summed E-state index contributed by atoms with van der Waals surface area (Å²) in [5.41, 5.74) is 6.96. The second-order valence-corrected chi connectivity index (χ2v) is 7.62. The van der Waals surface area contributed by atoms with Gasteiger partial charge >= 0.3 is 0 Å². The third-order valence-electron chi connectivity index (χ3n) is 6.06. The molecule has 29 heavy (non-hydrogen) atoms. The van der Waals surface area contributed by atoms with E-state index in [4.69, 9.17) is 15.3 Å². The number of aromatic nitrogens is 4. The number of nitrogens with two attached hydrogens (primary N) is 1. The summed E-state index contributed by atoms with van der Waals surface area (Å²) in [6.07, 6.45) is -3.23. The predicted octanol–water partition coefficient (Wildman–Crippen LogP) is -6.08. The highest BCUT2D eigenvalue weighted by Gasteiger charge is 2.46. The summed E-state index contributed by atoms with van der Waals surface area (Å²) in [4.78, 5) is 21.3. The number of quaternary nitrogens is 1. The molecule has 0 spiro atoms. The van der Waals surface area contributed by atoms with E-state index in [1.54, 1.807) is 0 Å². The third kappa shape index (κ3) is 3.20. The van der Waals surface area contributed by atoms with Gasteiger partial charge in [-0.25, -0.2) is 4.98 Å². The van der Waals surface area contributed by atoms with E-state index in [0.717, 1.165) is 45.1 Å². The Morgan fingerprint density at radius 2 is 1.86 bits per heavy atom. The maximum atomic E-state index is 10.1. The summed E-state index contributed by atoms with van der Waals surface area (Å²) < 4.78 is 7.36. The van der Waals surface area contributed by atoms with Gasteiger partial charge in [0, 0.05) is 19.6 Å². The summed E-state index contributed by atoms with van der Waals surface area (Å²) in [6.45, 7) is 5.40. The largest absolute Gasteiger partial charge is 1.00 e. The molecule has 13 heteroatoms. The molecule has 0 amide bonds. The molecular formula is C16H24ClN7O5. The Hall–Kier alpha value is -1.80. The van der Waals surface area contributed by atoms with E-state index < -0.39 is 31.2 Å². The summed E-state index contributed by atoms with van der Waals surface area (Å²) in [5.74, 6) is 0.903. The molecule has 2 bridgehead atoms. The molecule has 4 aliphatic rings. The number of piperazine rings is 3. The lowest BCUT2D eigenvalue weighted by Gasteiger charge is -2.49. The molecule has 0 aromatic carbocycles. The van der Waals surface area contributed by atoms with Crippen LogP contribution in [0.2, 0.25) is 0 Å². The molecule has 4 atom stereocenters. The lowest BCUT2D eigenvalue weighted by atomic mass is 10.1. The normalized spacial score (nSPS) is 36.3. The van der Waals surface area contributed by atoms with Gasteiger partial charge in [0.05, 0.1) is 26.2 Å². The number of rotatable bonds is 4. The van der Waals surface area contributed by atoms with E-state index in [1.807, 2.05) is 0 Å². The van der Waals surface area contributed by atoms with Crippen molar-refractivity contribution >= 4 is 22.9 Å². The number of hydrogen-bond donors (Lipinski definition) is 4. The maximum absolute atomic E-state index is 10.1. The van der Waals surface area contributed by atoms with Crippen molar-refractivity contribution in [1.29, 1.82) is 0 Å². The molecule has 6 rings (SSSR count). The Labute approximate surface area is 172 Å². The minimum absolute atomic E-state index is 0. The van der Waals surface area contributed by atoms with Crippen molar-refractivity contribution < 1.29 is 37.3 Å². The first-order valence-corrected chi connectivity index (χ1v) is 9.40. The minimum atomic E-state index is -1.31. The Balaban J connectivity index is 0.00000205. The molecule has 4 saturated heterocycles. The standard InChI is InChI=1S/C16H24N7O5.ClH/c17-16-19-13-10(14(20-16)23-4-1-21(2-5-23)3-6-23)18-8-22(13)28-15-12(26)11(25)9(7-24)27-15;/h8-9,11-12,15,24-26H,1-7H2,(H2,17,19,20);1H/q+1;/p-1/t9-,11-,12-,15+;/m1./s1.